The molecule has 30 heavy (non-hydrogen) atoms. The van der Waals surface area contributed by atoms with Crippen LogP contribution in [0.3, 0.4) is 0 Å². The van der Waals surface area contributed by atoms with Gasteiger partial charge in [-0.3, -0.25) is 4.57 Å². The van der Waals surface area contributed by atoms with Gasteiger partial charge in [-0.05, 0) is 58.1 Å². The van der Waals surface area contributed by atoms with E-state index in [1.165, 1.54) is 16.4 Å². The predicted octanol–water partition coefficient (Wildman–Crippen LogP) is 4.28. The van der Waals surface area contributed by atoms with E-state index in [9.17, 15) is 0 Å². The molecule has 0 radical (unpaired) electrons. The van der Waals surface area contributed by atoms with Crippen LogP contribution in [0.5, 0.6) is 0 Å². The molecule has 0 saturated carbocycles. The zero-order valence-corrected chi connectivity index (χ0v) is 17.6. The first kappa shape index (κ1) is 19.0. The molecule has 5 aromatic rings. The summed E-state index contributed by atoms with van der Waals surface area (Å²) in [7, 11) is 0. The van der Waals surface area contributed by atoms with E-state index in [0.29, 0.717) is 38.2 Å². The van der Waals surface area contributed by atoms with Gasteiger partial charge in [-0.25, -0.2) is 0 Å². The quantitative estimate of drug-likeness (QED) is 0.391. The van der Waals surface area contributed by atoms with Crippen LogP contribution in [-0.4, -0.2) is 40.0 Å². The molecule has 3 aromatic heterocycles. The molecule has 0 bridgehead atoms. The maximum Gasteiger partial charge on any atom is 0.200 e. The molecule has 0 spiro atoms. The lowest BCUT2D eigenvalue weighted by Crippen LogP contribution is -2.05. The Hall–Kier alpha value is -3.01. The summed E-state index contributed by atoms with van der Waals surface area (Å²) < 4.78 is 3.37. The first-order valence-electron chi connectivity index (χ1n) is 8.83. The van der Waals surface area contributed by atoms with Crippen LogP contribution >= 0.6 is 35.0 Å². The van der Waals surface area contributed by atoms with E-state index in [-0.39, 0.29) is 0 Å². The molecule has 0 aliphatic rings. The molecule has 0 N–H and O–H groups in total. The first-order valence-corrected chi connectivity index (χ1v) is 10.4. The average Bonchev–Trinajstić information content (AvgIpc) is 3.36. The molecular formula is C19H12Cl2N8S. The third-order valence-electron chi connectivity index (χ3n) is 4.31. The van der Waals surface area contributed by atoms with Gasteiger partial charge in [-0.15, -0.1) is 25.0 Å². The topological polar surface area (TPSA) is 86.7 Å². The number of rotatable bonds is 5. The molecule has 148 valence electrons. The molecule has 0 aliphatic heterocycles. The van der Waals surface area contributed by atoms with Crippen LogP contribution in [-0.2, 0) is 6.54 Å². The second-order valence-electron chi connectivity index (χ2n) is 6.30. The average molecular weight is 455 g/mol. The van der Waals surface area contributed by atoms with Crippen LogP contribution in [0.1, 0.15) is 5.56 Å². The van der Waals surface area contributed by atoms with Gasteiger partial charge in [0, 0.05) is 10.6 Å². The minimum absolute atomic E-state index is 0.508. The lowest BCUT2D eigenvalue weighted by molar-refractivity contribution is 0.693. The van der Waals surface area contributed by atoms with Crippen molar-refractivity contribution >= 4 is 40.6 Å². The standard InChI is InChI=1S/C19H12Cl2N8S/c20-13-6-7-14(15(21)10-13)18-23-24-19(28(18)11-12-4-2-1-3-5-12)30-17-9-8-16-22-26-27-29(16)25-17/h1-10H,11H2. The zero-order chi connectivity index (χ0) is 20.5. The maximum atomic E-state index is 6.45. The van der Waals surface area contributed by atoms with Gasteiger partial charge in [0.2, 0.25) is 0 Å². The summed E-state index contributed by atoms with van der Waals surface area (Å²) in [6.07, 6.45) is 0. The third kappa shape index (κ3) is 3.74. The summed E-state index contributed by atoms with van der Waals surface area (Å²) in [6, 6.07) is 19.0. The van der Waals surface area contributed by atoms with Crippen molar-refractivity contribution in [2.45, 2.75) is 16.7 Å². The van der Waals surface area contributed by atoms with Crippen molar-refractivity contribution in [1.82, 2.24) is 40.0 Å². The van der Waals surface area contributed by atoms with Crippen molar-refractivity contribution in [3.63, 3.8) is 0 Å². The van der Waals surface area contributed by atoms with E-state index >= 15 is 0 Å². The van der Waals surface area contributed by atoms with Gasteiger partial charge < -0.3 is 0 Å². The van der Waals surface area contributed by atoms with Crippen LogP contribution in [0.2, 0.25) is 10.0 Å². The molecule has 0 fully saturated rings. The normalized spacial score (nSPS) is 11.3. The van der Waals surface area contributed by atoms with E-state index in [1.54, 1.807) is 18.2 Å². The lowest BCUT2D eigenvalue weighted by atomic mass is 10.2. The molecule has 2 aromatic carbocycles. The third-order valence-corrected chi connectivity index (χ3v) is 5.77. The smallest absolute Gasteiger partial charge is 0.200 e. The Morgan fingerprint density at radius 2 is 1.77 bits per heavy atom. The number of aromatic nitrogens is 8. The molecule has 3 heterocycles. The van der Waals surface area contributed by atoms with Gasteiger partial charge in [0.25, 0.3) is 0 Å². The number of tetrazole rings is 1. The molecular weight excluding hydrogens is 443 g/mol. The van der Waals surface area contributed by atoms with Crippen molar-refractivity contribution in [3.05, 3.63) is 76.3 Å². The van der Waals surface area contributed by atoms with Crippen molar-refractivity contribution in [1.29, 1.82) is 0 Å². The van der Waals surface area contributed by atoms with E-state index in [2.05, 4.69) is 30.8 Å². The van der Waals surface area contributed by atoms with Gasteiger partial charge in [0.15, 0.2) is 16.6 Å². The Morgan fingerprint density at radius 3 is 2.60 bits per heavy atom. The summed E-state index contributed by atoms with van der Waals surface area (Å²) in [5.41, 5.74) is 2.42. The van der Waals surface area contributed by atoms with Gasteiger partial charge in [0.05, 0.1) is 11.6 Å². The molecule has 5 rings (SSSR count). The Kier molecular flexibility index (Phi) is 5.07. The fraction of sp³-hybridized carbons (Fsp3) is 0.0526. The summed E-state index contributed by atoms with van der Waals surface area (Å²) in [6.45, 7) is 0.567. The van der Waals surface area contributed by atoms with E-state index < -0.39 is 0 Å². The monoisotopic (exact) mass is 454 g/mol. The number of hydrogen-bond donors (Lipinski definition) is 0. The number of nitrogens with zero attached hydrogens (tertiary/aromatic N) is 8. The van der Waals surface area contributed by atoms with Crippen molar-refractivity contribution in [2.24, 2.45) is 0 Å². The van der Waals surface area contributed by atoms with E-state index in [4.69, 9.17) is 23.2 Å². The SMILES string of the molecule is Clc1ccc(-c2nnc(Sc3ccc4nnnn4n3)n2Cc2ccccc2)c(Cl)c1. The van der Waals surface area contributed by atoms with Gasteiger partial charge in [0.1, 0.15) is 5.03 Å². The molecule has 0 unspecified atom stereocenters. The molecule has 0 aliphatic carbocycles. The van der Waals surface area contributed by atoms with E-state index in [1.807, 2.05) is 47.0 Å². The van der Waals surface area contributed by atoms with Crippen molar-refractivity contribution in [3.8, 4) is 11.4 Å². The predicted molar refractivity (Wildman–Crippen MR) is 114 cm³/mol. The highest BCUT2D eigenvalue weighted by Gasteiger charge is 2.18. The summed E-state index contributed by atoms with van der Waals surface area (Å²) >= 11 is 13.9. The van der Waals surface area contributed by atoms with Crippen molar-refractivity contribution in [2.75, 3.05) is 0 Å². The van der Waals surface area contributed by atoms with Crippen LogP contribution in [0.15, 0.2) is 70.8 Å². The second kappa shape index (κ2) is 8.02. The summed E-state index contributed by atoms with van der Waals surface area (Å²) in [4.78, 5) is 0. The molecule has 0 saturated heterocycles. The number of benzene rings is 2. The van der Waals surface area contributed by atoms with Crippen LogP contribution in [0, 0.1) is 0 Å². The minimum Gasteiger partial charge on any atom is -0.297 e. The highest BCUT2D eigenvalue weighted by atomic mass is 35.5. The maximum absolute atomic E-state index is 6.45. The van der Waals surface area contributed by atoms with Crippen LogP contribution in [0.25, 0.3) is 17.0 Å². The number of hydrogen-bond acceptors (Lipinski definition) is 7. The molecule has 0 atom stereocenters. The highest BCUT2D eigenvalue weighted by molar-refractivity contribution is 7.99. The van der Waals surface area contributed by atoms with E-state index in [0.717, 1.165) is 11.1 Å². The minimum atomic E-state index is 0.508. The van der Waals surface area contributed by atoms with Gasteiger partial charge in [-0.2, -0.15) is 0 Å². The molecule has 8 nitrogen and oxygen atoms in total. The zero-order valence-electron chi connectivity index (χ0n) is 15.2. The Labute approximate surface area is 184 Å². The van der Waals surface area contributed by atoms with Crippen molar-refractivity contribution < 1.29 is 0 Å². The van der Waals surface area contributed by atoms with Gasteiger partial charge >= 0.3 is 0 Å². The number of halogens is 2. The Morgan fingerprint density at radius 1 is 0.900 bits per heavy atom. The fourth-order valence-corrected chi connectivity index (χ4v) is 4.20. The first-order chi connectivity index (χ1) is 14.7. The fourth-order valence-electron chi connectivity index (χ4n) is 2.92. The molecule has 0 amide bonds. The highest BCUT2D eigenvalue weighted by Crippen LogP contribution is 2.33. The summed E-state index contributed by atoms with van der Waals surface area (Å²) in [5, 5.41) is 27.0. The largest absolute Gasteiger partial charge is 0.297 e. The number of fused-ring (bicyclic) bond motifs is 1. The Balaban J connectivity index is 1.58. The van der Waals surface area contributed by atoms with Gasteiger partial charge in [-0.1, -0.05) is 53.5 Å². The second-order valence-corrected chi connectivity index (χ2v) is 8.13. The molecule has 11 heteroatoms. The van der Waals surface area contributed by atoms with Crippen LogP contribution in [0.4, 0.5) is 0 Å². The lowest BCUT2D eigenvalue weighted by Gasteiger charge is -2.11. The summed E-state index contributed by atoms with van der Waals surface area (Å²) in [5.74, 6) is 0.645. The van der Waals surface area contributed by atoms with Crippen LogP contribution < -0.4 is 0 Å². The Bertz CT molecular complexity index is 1340.